The van der Waals surface area contributed by atoms with Crippen LogP contribution in [0.2, 0.25) is 0 Å². The maximum atomic E-state index is 13.5. The molecule has 3 heterocycles. The van der Waals surface area contributed by atoms with Crippen molar-refractivity contribution in [3.05, 3.63) is 80.6 Å². The molecule has 0 unspecified atom stereocenters. The van der Waals surface area contributed by atoms with Gasteiger partial charge in [0, 0.05) is 5.92 Å². The second-order valence-electron chi connectivity index (χ2n) is 7.60. The quantitative estimate of drug-likeness (QED) is 0.470. The number of ether oxygens (including phenoxy) is 1. The number of methoxy groups -OCH3 is 1. The molecule has 2 aromatic heterocycles. The third-order valence-electron chi connectivity index (χ3n) is 5.34. The topological polar surface area (TPSA) is 85.5 Å². The number of rotatable bonds is 4. The standard InChI is InChI=1S/C23H19N3O4S/c1-12(2)21-24-25-23(31-21)26-18(13-8-10-14(29-3)11-9-13)17-19(27)15-6-4-5-7-16(15)30-20(17)22(26)28/h4-12,18H,1-3H3/t18-/m1/s1. The van der Waals surface area contributed by atoms with Crippen LogP contribution in [-0.2, 0) is 0 Å². The van der Waals surface area contributed by atoms with Gasteiger partial charge in [-0.15, -0.1) is 10.2 Å². The Hall–Kier alpha value is -3.52. The minimum absolute atomic E-state index is 0.0471. The van der Waals surface area contributed by atoms with Crippen LogP contribution in [0.4, 0.5) is 5.13 Å². The molecule has 156 valence electrons. The zero-order valence-corrected chi connectivity index (χ0v) is 18.0. The molecule has 1 aliphatic heterocycles. The molecule has 1 amide bonds. The van der Waals surface area contributed by atoms with Gasteiger partial charge in [-0.3, -0.25) is 14.5 Å². The lowest BCUT2D eigenvalue weighted by molar-refractivity contribution is 0.0970. The summed E-state index contributed by atoms with van der Waals surface area (Å²) in [5, 5.41) is 10.2. The van der Waals surface area contributed by atoms with Crippen molar-refractivity contribution in [1.82, 2.24) is 10.2 Å². The van der Waals surface area contributed by atoms with Crippen molar-refractivity contribution in [2.24, 2.45) is 0 Å². The maximum Gasteiger partial charge on any atom is 0.297 e. The van der Waals surface area contributed by atoms with E-state index in [4.69, 9.17) is 9.15 Å². The van der Waals surface area contributed by atoms with Gasteiger partial charge >= 0.3 is 0 Å². The smallest absolute Gasteiger partial charge is 0.297 e. The first-order chi connectivity index (χ1) is 15.0. The summed E-state index contributed by atoms with van der Waals surface area (Å²) in [6.07, 6.45) is 0. The van der Waals surface area contributed by atoms with Crippen LogP contribution >= 0.6 is 11.3 Å². The molecule has 8 heteroatoms. The van der Waals surface area contributed by atoms with Crippen LogP contribution in [0.25, 0.3) is 11.0 Å². The summed E-state index contributed by atoms with van der Waals surface area (Å²) in [6.45, 7) is 4.03. The zero-order chi connectivity index (χ0) is 21.7. The first-order valence-electron chi connectivity index (χ1n) is 9.86. The Kier molecular flexibility index (Phi) is 4.59. The number of nitrogens with zero attached hydrogens (tertiary/aromatic N) is 3. The second kappa shape index (κ2) is 7.31. The van der Waals surface area contributed by atoms with Gasteiger partial charge in [-0.1, -0.05) is 49.4 Å². The minimum atomic E-state index is -0.665. The Morgan fingerprint density at radius 1 is 1.06 bits per heavy atom. The molecular formula is C23H19N3O4S. The average Bonchev–Trinajstić information content (AvgIpc) is 3.38. The van der Waals surface area contributed by atoms with Gasteiger partial charge < -0.3 is 9.15 Å². The maximum absolute atomic E-state index is 13.5. The number of aromatic nitrogens is 2. The molecule has 0 radical (unpaired) electrons. The molecule has 0 bridgehead atoms. The summed E-state index contributed by atoms with van der Waals surface area (Å²) in [7, 11) is 1.59. The van der Waals surface area contributed by atoms with Crippen LogP contribution in [0.5, 0.6) is 5.75 Å². The zero-order valence-electron chi connectivity index (χ0n) is 17.2. The summed E-state index contributed by atoms with van der Waals surface area (Å²) in [6, 6.07) is 13.6. The van der Waals surface area contributed by atoms with Crippen molar-refractivity contribution in [3.63, 3.8) is 0 Å². The van der Waals surface area contributed by atoms with Gasteiger partial charge in [0.1, 0.15) is 16.3 Å². The molecule has 1 atom stereocenters. The summed E-state index contributed by atoms with van der Waals surface area (Å²) in [5.41, 5.74) is 1.24. The van der Waals surface area contributed by atoms with E-state index in [0.717, 1.165) is 10.6 Å². The number of carbonyl (C=O) groups excluding carboxylic acids is 1. The highest BCUT2D eigenvalue weighted by Gasteiger charge is 2.45. The predicted molar refractivity (Wildman–Crippen MR) is 118 cm³/mol. The Morgan fingerprint density at radius 2 is 1.81 bits per heavy atom. The SMILES string of the molecule is COc1ccc([C@@H]2c3c(oc4ccccc4c3=O)C(=O)N2c2nnc(C(C)C)s2)cc1. The van der Waals surface area contributed by atoms with E-state index in [1.165, 1.54) is 16.2 Å². The third-order valence-corrected chi connectivity index (χ3v) is 6.56. The first-order valence-corrected chi connectivity index (χ1v) is 10.7. The molecule has 2 aromatic carbocycles. The third kappa shape index (κ3) is 3.02. The number of anilines is 1. The minimum Gasteiger partial charge on any atom is -0.497 e. The monoisotopic (exact) mass is 433 g/mol. The molecular weight excluding hydrogens is 414 g/mol. The summed E-state index contributed by atoms with van der Waals surface area (Å²) in [4.78, 5) is 28.5. The number of carbonyl (C=O) groups is 1. The lowest BCUT2D eigenvalue weighted by Crippen LogP contribution is -2.29. The van der Waals surface area contributed by atoms with Crippen molar-refractivity contribution >= 4 is 33.3 Å². The fourth-order valence-corrected chi connectivity index (χ4v) is 4.65. The first kappa shape index (κ1) is 19.4. The molecule has 31 heavy (non-hydrogen) atoms. The largest absolute Gasteiger partial charge is 0.497 e. The van der Waals surface area contributed by atoms with Crippen LogP contribution < -0.4 is 15.1 Å². The molecule has 0 saturated carbocycles. The molecule has 7 nitrogen and oxygen atoms in total. The predicted octanol–water partition coefficient (Wildman–Crippen LogP) is 4.53. The Morgan fingerprint density at radius 3 is 2.48 bits per heavy atom. The fraction of sp³-hybridized carbons (Fsp3) is 0.217. The molecule has 0 N–H and O–H groups in total. The average molecular weight is 433 g/mol. The number of fused-ring (bicyclic) bond motifs is 2. The van der Waals surface area contributed by atoms with E-state index in [9.17, 15) is 9.59 Å². The van der Waals surface area contributed by atoms with Crippen LogP contribution in [0.3, 0.4) is 0 Å². The normalized spacial score (nSPS) is 15.7. The Balaban J connectivity index is 1.76. The van der Waals surface area contributed by atoms with Crippen molar-refractivity contribution in [2.75, 3.05) is 12.0 Å². The van der Waals surface area contributed by atoms with Crippen molar-refractivity contribution in [3.8, 4) is 5.75 Å². The molecule has 0 fully saturated rings. The molecule has 0 aliphatic carbocycles. The summed E-state index contributed by atoms with van der Waals surface area (Å²) in [5.74, 6) is 0.507. The second-order valence-corrected chi connectivity index (χ2v) is 8.59. The van der Waals surface area contributed by atoms with Crippen LogP contribution in [0, 0.1) is 0 Å². The highest BCUT2D eigenvalue weighted by Crippen LogP contribution is 2.42. The molecule has 0 saturated heterocycles. The van der Waals surface area contributed by atoms with Gasteiger partial charge in [0.25, 0.3) is 5.91 Å². The van der Waals surface area contributed by atoms with Crippen LogP contribution in [0.15, 0.2) is 57.7 Å². The molecule has 4 aromatic rings. The van der Waals surface area contributed by atoms with Gasteiger partial charge in [-0.05, 0) is 29.8 Å². The lowest BCUT2D eigenvalue weighted by atomic mass is 9.98. The van der Waals surface area contributed by atoms with Gasteiger partial charge in [-0.25, -0.2) is 0 Å². The van der Waals surface area contributed by atoms with E-state index >= 15 is 0 Å². The van der Waals surface area contributed by atoms with Gasteiger partial charge in [0.2, 0.25) is 10.9 Å². The van der Waals surface area contributed by atoms with Gasteiger partial charge in [0.15, 0.2) is 5.43 Å². The van der Waals surface area contributed by atoms with E-state index < -0.39 is 11.9 Å². The summed E-state index contributed by atoms with van der Waals surface area (Å²) >= 11 is 1.34. The van der Waals surface area contributed by atoms with Crippen molar-refractivity contribution < 1.29 is 13.9 Å². The van der Waals surface area contributed by atoms with Gasteiger partial charge in [-0.2, -0.15) is 0 Å². The lowest BCUT2D eigenvalue weighted by Gasteiger charge is -2.22. The van der Waals surface area contributed by atoms with E-state index in [1.807, 2.05) is 26.0 Å². The number of benzene rings is 2. The highest BCUT2D eigenvalue weighted by molar-refractivity contribution is 7.15. The fourth-order valence-electron chi connectivity index (χ4n) is 3.78. The Bertz CT molecular complexity index is 1360. The van der Waals surface area contributed by atoms with Crippen LogP contribution in [0.1, 0.15) is 52.5 Å². The number of hydrogen-bond donors (Lipinski definition) is 0. The van der Waals surface area contributed by atoms with E-state index in [-0.39, 0.29) is 17.1 Å². The number of para-hydroxylation sites is 1. The van der Waals surface area contributed by atoms with Crippen molar-refractivity contribution in [2.45, 2.75) is 25.8 Å². The van der Waals surface area contributed by atoms with Gasteiger partial charge in [0.05, 0.1) is 24.1 Å². The molecule has 1 aliphatic rings. The molecule has 5 rings (SSSR count). The highest BCUT2D eigenvalue weighted by atomic mass is 32.1. The van der Waals surface area contributed by atoms with Crippen LogP contribution in [-0.4, -0.2) is 23.2 Å². The number of amides is 1. The van der Waals surface area contributed by atoms with E-state index in [1.54, 1.807) is 43.5 Å². The summed E-state index contributed by atoms with van der Waals surface area (Å²) < 4.78 is 11.2. The number of hydrogen-bond acceptors (Lipinski definition) is 7. The Labute approximate surface area is 181 Å². The van der Waals surface area contributed by atoms with E-state index in [2.05, 4.69) is 10.2 Å². The van der Waals surface area contributed by atoms with Crippen molar-refractivity contribution in [1.29, 1.82) is 0 Å². The van der Waals surface area contributed by atoms with E-state index in [0.29, 0.717) is 27.4 Å². The molecule has 0 spiro atoms.